The van der Waals surface area contributed by atoms with Crippen molar-refractivity contribution < 1.29 is 9.53 Å². The lowest BCUT2D eigenvalue weighted by Gasteiger charge is -2.35. The SMILES string of the molecule is CNC1CC(NCC(=O)OCc2ccccc2)C1. The summed E-state index contributed by atoms with van der Waals surface area (Å²) < 4.78 is 5.18. The number of nitrogens with one attached hydrogen (secondary N) is 2. The van der Waals surface area contributed by atoms with E-state index in [0.717, 1.165) is 18.4 Å². The molecule has 4 nitrogen and oxygen atoms in total. The summed E-state index contributed by atoms with van der Waals surface area (Å²) in [6.45, 7) is 0.652. The first-order valence-electron chi connectivity index (χ1n) is 6.38. The topological polar surface area (TPSA) is 50.4 Å². The van der Waals surface area contributed by atoms with Crippen LogP contribution in [0.1, 0.15) is 18.4 Å². The van der Waals surface area contributed by atoms with Crippen molar-refractivity contribution in [3.05, 3.63) is 35.9 Å². The van der Waals surface area contributed by atoms with Gasteiger partial charge in [-0.25, -0.2) is 0 Å². The molecule has 4 heteroatoms. The Labute approximate surface area is 108 Å². The summed E-state index contributed by atoms with van der Waals surface area (Å²) in [7, 11) is 1.97. The van der Waals surface area contributed by atoms with Crippen molar-refractivity contribution in [1.82, 2.24) is 10.6 Å². The van der Waals surface area contributed by atoms with Crippen LogP contribution in [0.15, 0.2) is 30.3 Å². The predicted octanol–water partition coefficient (Wildman–Crippen LogP) is 1.07. The van der Waals surface area contributed by atoms with Crippen molar-refractivity contribution in [3.63, 3.8) is 0 Å². The maximum atomic E-state index is 11.5. The van der Waals surface area contributed by atoms with E-state index < -0.39 is 0 Å². The summed E-state index contributed by atoms with van der Waals surface area (Å²) in [5, 5.41) is 6.41. The Kier molecular flexibility index (Phi) is 4.73. The van der Waals surface area contributed by atoms with Crippen LogP contribution in [0.2, 0.25) is 0 Å². The number of benzene rings is 1. The van der Waals surface area contributed by atoms with E-state index in [1.54, 1.807) is 0 Å². The Morgan fingerprint density at radius 2 is 2.00 bits per heavy atom. The fourth-order valence-corrected chi connectivity index (χ4v) is 2.04. The average Bonchev–Trinajstić information content (AvgIpc) is 2.36. The van der Waals surface area contributed by atoms with Crippen LogP contribution >= 0.6 is 0 Å². The highest BCUT2D eigenvalue weighted by Gasteiger charge is 2.27. The lowest BCUT2D eigenvalue weighted by molar-refractivity contribution is -0.144. The fourth-order valence-electron chi connectivity index (χ4n) is 2.04. The molecule has 1 aromatic rings. The van der Waals surface area contributed by atoms with Gasteiger partial charge >= 0.3 is 5.97 Å². The lowest BCUT2D eigenvalue weighted by Crippen LogP contribution is -2.50. The Balaban J connectivity index is 1.59. The van der Waals surface area contributed by atoms with Gasteiger partial charge in [-0.2, -0.15) is 0 Å². The fraction of sp³-hybridized carbons (Fsp3) is 0.500. The van der Waals surface area contributed by atoms with Crippen LogP contribution in [0, 0.1) is 0 Å². The van der Waals surface area contributed by atoms with Crippen LogP contribution in [-0.4, -0.2) is 31.6 Å². The summed E-state index contributed by atoms with van der Waals surface area (Å²) in [6.07, 6.45) is 2.17. The van der Waals surface area contributed by atoms with Crippen LogP contribution in [0.25, 0.3) is 0 Å². The standard InChI is InChI=1S/C14H20N2O2/c1-15-12-7-13(8-12)16-9-14(17)18-10-11-5-3-2-4-6-11/h2-6,12-13,15-16H,7-10H2,1H3. The second-order valence-corrected chi connectivity index (χ2v) is 4.68. The molecule has 0 unspecified atom stereocenters. The van der Waals surface area contributed by atoms with Gasteiger partial charge in [0.1, 0.15) is 6.61 Å². The molecule has 0 saturated heterocycles. The highest BCUT2D eigenvalue weighted by Crippen LogP contribution is 2.18. The summed E-state index contributed by atoms with van der Waals surface area (Å²) >= 11 is 0. The first-order chi connectivity index (χ1) is 8.78. The summed E-state index contributed by atoms with van der Waals surface area (Å²) in [6, 6.07) is 10.8. The van der Waals surface area contributed by atoms with Gasteiger partial charge in [0.05, 0.1) is 6.54 Å². The molecule has 0 aliphatic heterocycles. The molecule has 0 atom stereocenters. The predicted molar refractivity (Wildman–Crippen MR) is 70.1 cm³/mol. The molecule has 0 amide bonds. The number of rotatable bonds is 6. The monoisotopic (exact) mass is 248 g/mol. The molecule has 2 N–H and O–H groups in total. The minimum atomic E-state index is -0.188. The third-order valence-corrected chi connectivity index (χ3v) is 3.32. The van der Waals surface area contributed by atoms with Crippen LogP contribution in [-0.2, 0) is 16.1 Å². The Morgan fingerprint density at radius 3 is 2.67 bits per heavy atom. The van der Waals surface area contributed by atoms with E-state index >= 15 is 0 Å². The molecule has 1 aromatic carbocycles. The third-order valence-electron chi connectivity index (χ3n) is 3.32. The quantitative estimate of drug-likeness (QED) is 0.739. The van der Waals surface area contributed by atoms with E-state index in [0.29, 0.717) is 25.2 Å². The maximum absolute atomic E-state index is 11.5. The highest BCUT2D eigenvalue weighted by molar-refractivity contribution is 5.71. The van der Waals surface area contributed by atoms with E-state index in [4.69, 9.17) is 4.74 Å². The zero-order valence-electron chi connectivity index (χ0n) is 10.7. The molecule has 98 valence electrons. The maximum Gasteiger partial charge on any atom is 0.320 e. The Bertz CT molecular complexity index is 375. The van der Waals surface area contributed by atoms with Gasteiger partial charge in [0.25, 0.3) is 0 Å². The van der Waals surface area contributed by atoms with E-state index in [9.17, 15) is 4.79 Å². The number of esters is 1. The van der Waals surface area contributed by atoms with Gasteiger partial charge in [-0.15, -0.1) is 0 Å². The molecule has 18 heavy (non-hydrogen) atoms. The zero-order chi connectivity index (χ0) is 12.8. The molecule has 0 aromatic heterocycles. The molecule has 1 saturated carbocycles. The molecule has 0 spiro atoms. The van der Waals surface area contributed by atoms with E-state index in [-0.39, 0.29) is 5.97 Å². The number of carbonyl (C=O) groups is 1. The molecular formula is C14H20N2O2. The van der Waals surface area contributed by atoms with Gasteiger partial charge < -0.3 is 15.4 Å². The summed E-state index contributed by atoms with van der Waals surface area (Å²) in [5.41, 5.74) is 1.02. The van der Waals surface area contributed by atoms with Gasteiger partial charge in [-0.3, -0.25) is 4.79 Å². The number of hydrogen-bond donors (Lipinski definition) is 2. The van der Waals surface area contributed by atoms with Gasteiger partial charge in [-0.05, 0) is 25.5 Å². The van der Waals surface area contributed by atoms with E-state index in [1.165, 1.54) is 0 Å². The molecule has 1 aliphatic carbocycles. The minimum Gasteiger partial charge on any atom is -0.460 e. The molecule has 1 fully saturated rings. The van der Waals surface area contributed by atoms with Gasteiger partial charge in [0.2, 0.25) is 0 Å². The Morgan fingerprint density at radius 1 is 1.28 bits per heavy atom. The summed E-state index contributed by atoms with van der Waals surface area (Å²) in [4.78, 5) is 11.5. The number of carbonyl (C=O) groups excluding carboxylic acids is 1. The third kappa shape index (κ3) is 3.82. The van der Waals surface area contributed by atoms with E-state index in [2.05, 4.69) is 10.6 Å². The lowest BCUT2D eigenvalue weighted by atomic mass is 9.87. The molecule has 0 bridgehead atoms. The van der Waals surface area contributed by atoms with Crippen LogP contribution in [0.5, 0.6) is 0 Å². The van der Waals surface area contributed by atoms with Crippen molar-refractivity contribution in [1.29, 1.82) is 0 Å². The second-order valence-electron chi connectivity index (χ2n) is 4.68. The van der Waals surface area contributed by atoms with Crippen molar-refractivity contribution in [2.24, 2.45) is 0 Å². The molecular weight excluding hydrogens is 228 g/mol. The Hall–Kier alpha value is -1.39. The highest BCUT2D eigenvalue weighted by atomic mass is 16.5. The van der Waals surface area contributed by atoms with Gasteiger partial charge in [0, 0.05) is 12.1 Å². The van der Waals surface area contributed by atoms with Crippen molar-refractivity contribution in [3.8, 4) is 0 Å². The second kappa shape index (κ2) is 6.52. The van der Waals surface area contributed by atoms with Gasteiger partial charge in [-0.1, -0.05) is 30.3 Å². The number of ether oxygens (including phenoxy) is 1. The van der Waals surface area contributed by atoms with Crippen LogP contribution in [0.4, 0.5) is 0 Å². The van der Waals surface area contributed by atoms with E-state index in [1.807, 2.05) is 37.4 Å². The van der Waals surface area contributed by atoms with Crippen molar-refractivity contribution >= 4 is 5.97 Å². The molecule has 1 aliphatic rings. The van der Waals surface area contributed by atoms with Crippen molar-refractivity contribution in [2.75, 3.05) is 13.6 Å². The molecule has 0 heterocycles. The van der Waals surface area contributed by atoms with Crippen molar-refractivity contribution in [2.45, 2.75) is 31.5 Å². The minimum absolute atomic E-state index is 0.188. The smallest absolute Gasteiger partial charge is 0.320 e. The van der Waals surface area contributed by atoms with Crippen LogP contribution < -0.4 is 10.6 Å². The zero-order valence-corrected chi connectivity index (χ0v) is 10.7. The summed E-state index contributed by atoms with van der Waals surface area (Å²) in [5.74, 6) is -0.188. The average molecular weight is 248 g/mol. The number of hydrogen-bond acceptors (Lipinski definition) is 4. The largest absolute Gasteiger partial charge is 0.460 e. The molecule has 0 radical (unpaired) electrons. The first kappa shape index (κ1) is 13.1. The normalized spacial score (nSPS) is 22.3. The van der Waals surface area contributed by atoms with Crippen LogP contribution in [0.3, 0.4) is 0 Å². The molecule has 2 rings (SSSR count). The van der Waals surface area contributed by atoms with Gasteiger partial charge in [0.15, 0.2) is 0 Å². The first-order valence-corrected chi connectivity index (χ1v) is 6.38.